The minimum Gasteiger partial charge on any atom is -0.484 e. The van der Waals surface area contributed by atoms with Crippen molar-refractivity contribution in [3.63, 3.8) is 0 Å². The van der Waals surface area contributed by atoms with Crippen molar-refractivity contribution in [1.82, 2.24) is 0 Å². The molecule has 2 rings (SSSR count). The lowest BCUT2D eigenvalue weighted by Gasteiger charge is -2.31. The third kappa shape index (κ3) is 0.985. The molecule has 2 heteroatoms. The van der Waals surface area contributed by atoms with Crippen molar-refractivity contribution in [2.45, 2.75) is 32.0 Å². The average molecular weight is 178 g/mol. The van der Waals surface area contributed by atoms with E-state index in [0.29, 0.717) is 0 Å². The molecule has 0 spiro atoms. The highest BCUT2D eigenvalue weighted by Gasteiger charge is 2.49. The maximum absolute atomic E-state index is 10.2. The van der Waals surface area contributed by atoms with E-state index in [9.17, 15) is 5.11 Å². The maximum atomic E-state index is 10.2. The zero-order valence-electron chi connectivity index (χ0n) is 8.16. The second-order valence-corrected chi connectivity index (χ2v) is 4.18. The first-order chi connectivity index (χ1) is 5.95. The number of para-hydroxylation sites is 1. The first-order valence-corrected chi connectivity index (χ1v) is 4.46. The Morgan fingerprint density at radius 2 is 1.77 bits per heavy atom. The Kier molecular flexibility index (Phi) is 1.49. The highest BCUT2D eigenvalue weighted by molar-refractivity contribution is 5.44. The van der Waals surface area contributed by atoms with Gasteiger partial charge >= 0.3 is 0 Å². The second-order valence-electron chi connectivity index (χ2n) is 4.18. The number of aliphatic hydroxyl groups is 1. The molecule has 1 aliphatic heterocycles. The average Bonchev–Trinajstić information content (AvgIpc) is 2.20. The molecule has 0 amide bonds. The van der Waals surface area contributed by atoms with Gasteiger partial charge in [0, 0.05) is 5.56 Å². The lowest BCUT2D eigenvalue weighted by molar-refractivity contribution is -0.0806. The van der Waals surface area contributed by atoms with E-state index in [-0.39, 0.29) is 0 Å². The van der Waals surface area contributed by atoms with Gasteiger partial charge in [-0.2, -0.15) is 0 Å². The SMILES string of the molecule is CC1(C)Oc2ccccc2[C@@]1(C)O. The van der Waals surface area contributed by atoms with Crippen LogP contribution in [0.1, 0.15) is 26.3 Å². The lowest BCUT2D eigenvalue weighted by Crippen LogP contribution is -2.44. The Morgan fingerprint density at radius 1 is 1.15 bits per heavy atom. The third-order valence-corrected chi connectivity index (χ3v) is 2.95. The topological polar surface area (TPSA) is 29.5 Å². The van der Waals surface area contributed by atoms with Crippen LogP contribution < -0.4 is 4.74 Å². The van der Waals surface area contributed by atoms with Crippen LogP contribution in [0.2, 0.25) is 0 Å². The predicted molar refractivity (Wildman–Crippen MR) is 50.7 cm³/mol. The van der Waals surface area contributed by atoms with Crippen molar-refractivity contribution in [2.24, 2.45) is 0 Å². The van der Waals surface area contributed by atoms with Gasteiger partial charge in [-0.15, -0.1) is 0 Å². The Morgan fingerprint density at radius 3 is 2.38 bits per heavy atom. The zero-order valence-corrected chi connectivity index (χ0v) is 8.16. The van der Waals surface area contributed by atoms with Crippen molar-refractivity contribution in [2.75, 3.05) is 0 Å². The van der Waals surface area contributed by atoms with Crippen molar-refractivity contribution in [3.05, 3.63) is 29.8 Å². The summed E-state index contributed by atoms with van der Waals surface area (Å²) in [5.41, 5.74) is -0.569. The largest absolute Gasteiger partial charge is 0.484 e. The molecule has 1 atom stereocenters. The van der Waals surface area contributed by atoms with E-state index in [2.05, 4.69) is 0 Å². The summed E-state index contributed by atoms with van der Waals surface area (Å²) in [5, 5.41) is 10.2. The smallest absolute Gasteiger partial charge is 0.136 e. The van der Waals surface area contributed by atoms with Crippen LogP contribution in [0.5, 0.6) is 5.75 Å². The van der Waals surface area contributed by atoms with Gasteiger partial charge in [-0.25, -0.2) is 0 Å². The molecule has 1 aromatic rings. The number of hydrogen-bond donors (Lipinski definition) is 1. The number of rotatable bonds is 0. The molecule has 13 heavy (non-hydrogen) atoms. The molecule has 0 unspecified atom stereocenters. The summed E-state index contributed by atoms with van der Waals surface area (Å²) < 4.78 is 5.66. The number of ether oxygens (including phenoxy) is 1. The molecule has 1 aliphatic rings. The van der Waals surface area contributed by atoms with Crippen LogP contribution in [-0.4, -0.2) is 10.7 Å². The van der Waals surface area contributed by atoms with Gasteiger partial charge in [0.05, 0.1) is 0 Å². The maximum Gasteiger partial charge on any atom is 0.136 e. The first kappa shape index (κ1) is 8.57. The fourth-order valence-corrected chi connectivity index (χ4v) is 1.66. The Balaban J connectivity index is 2.60. The van der Waals surface area contributed by atoms with Crippen LogP contribution in [-0.2, 0) is 5.60 Å². The molecular weight excluding hydrogens is 164 g/mol. The van der Waals surface area contributed by atoms with Crippen molar-refractivity contribution >= 4 is 0 Å². The van der Waals surface area contributed by atoms with Crippen molar-refractivity contribution in [1.29, 1.82) is 0 Å². The molecule has 1 aromatic carbocycles. The molecule has 0 bridgehead atoms. The predicted octanol–water partition coefficient (Wildman–Crippen LogP) is 2.07. The fraction of sp³-hybridized carbons (Fsp3) is 0.455. The fourth-order valence-electron chi connectivity index (χ4n) is 1.66. The van der Waals surface area contributed by atoms with Crippen LogP contribution in [0.3, 0.4) is 0 Å². The lowest BCUT2D eigenvalue weighted by atomic mass is 9.84. The summed E-state index contributed by atoms with van der Waals surface area (Å²) in [6.07, 6.45) is 0. The third-order valence-electron chi connectivity index (χ3n) is 2.95. The minimum atomic E-state index is -0.899. The second kappa shape index (κ2) is 2.26. The number of fused-ring (bicyclic) bond motifs is 1. The van der Waals surface area contributed by atoms with Gasteiger partial charge in [-0.3, -0.25) is 0 Å². The summed E-state index contributed by atoms with van der Waals surface area (Å²) in [4.78, 5) is 0. The van der Waals surface area contributed by atoms with Crippen LogP contribution in [0.4, 0.5) is 0 Å². The number of benzene rings is 1. The Labute approximate surface area is 78.2 Å². The summed E-state index contributed by atoms with van der Waals surface area (Å²) in [7, 11) is 0. The first-order valence-electron chi connectivity index (χ1n) is 4.46. The normalized spacial score (nSPS) is 29.5. The van der Waals surface area contributed by atoms with E-state index in [4.69, 9.17) is 4.74 Å². The van der Waals surface area contributed by atoms with E-state index in [0.717, 1.165) is 11.3 Å². The zero-order chi connectivity index (χ0) is 9.69. The van der Waals surface area contributed by atoms with E-state index in [1.165, 1.54) is 0 Å². The minimum absolute atomic E-state index is 0.545. The molecule has 70 valence electrons. The Hall–Kier alpha value is -1.02. The van der Waals surface area contributed by atoms with Gasteiger partial charge in [-0.1, -0.05) is 18.2 Å². The molecule has 1 N–H and O–H groups in total. The molecule has 0 fully saturated rings. The highest BCUT2D eigenvalue weighted by Crippen LogP contribution is 2.46. The van der Waals surface area contributed by atoms with Gasteiger partial charge in [-0.05, 0) is 26.8 Å². The molecular formula is C11H14O2. The molecule has 1 heterocycles. The number of hydrogen-bond acceptors (Lipinski definition) is 2. The van der Waals surface area contributed by atoms with Crippen LogP contribution in [0.15, 0.2) is 24.3 Å². The molecule has 0 aliphatic carbocycles. The van der Waals surface area contributed by atoms with Crippen LogP contribution in [0.25, 0.3) is 0 Å². The summed E-state index contributed by atoms with van der Waals surface area (Å²) in [5.74, 6) is 0.789. The molecule has 0 radical (unpaired) electrons. The van der Waals surface area contributed by atoms with Gasteiger partial charge in [0.25, 0.3) is 0 Å². The van der Waals surface area contributed by atoms with Crippen LogP contribution >= 0.6 is 0 Å². The highest BCUT2D eigenvalue weighted by atomic mass is 16.5. The molecule has 0 saturated carbocycles. The molecule has 0 aromatic heterocycles. The van der Waals surface area contributed by atoms with Crippen LogP contribution in [0, 0.1) is 0 Å². The summed E-state index contributed by atoms with van der Waals surface area (Å²) >= 11 is 0. The monoisotopic (exact) mass is 178 g/mol. The van der Waals surface area contributed by atoms with E-state index < -0.39 is 11.2 Å². The van der Waals surface area contributed by atoms with Crippen molar-refractivity contribution < 1.29 is 9.84 Å². The van der Waals surface area contributed by atoms with Crippen molar-refractivity contribution in [3.8, 4) is 5.75 Å². The van der Waals surface area contributed by atoms with E-state index in [1.807, 2.05) is 38.1 Å². The van der Waals surface area contributed by atoms with Gasteiger partial charge < -0.3 is 9.84 Å². The molecule has 0 saturated heterocycles. The molecule has 2 nitrogen and oxygen atoms in total. The van der Waals surface area contributed by atoms with Gasteiger partial charge in [0.2, 0.25) is 0 Å². The van der Waals surface area contributed by atoms with Gasteiger partial charge in [0.1, 0.15) is 17.0 Å². The standard InChI is InChI=1S/C11H14O2/c1-10(2)11(3,12)8-6-4-5-7-9(8)13-10/h4-7,12H,1-3H3/t11-/m1/s1. The quantitative estimate of drug-likeness (QED) is 0.659. The van der Waals surface area contributed by atoms with E-state index >= 15 is 0 Å². The van der Waals surface area contributed by atoms with E-state index in [1.54, 1.807) is 6.92 Å². The van der Waals surface area contributed by atoms with Gasteiger partial charge in [0.15, 0.2) is 0 Å². The summed E-state index contributed by atoms with van der Waals surface area (Å²) in [6, 6.07) is 7.62. The Bertz CT molecular complexity index is 340. The summed E-state index contributed by atoms with van der Waals surface area (Å²) in [6.45, 7) is 5.58.